The third kappa shape index (κ3) is 4.78. The maximum atomic E-state index is 13.0. The number of aromatic nitrogens is 4. The summed E-state index contributed by atoms with van der Waals surface area (Å²) in [5, 5.41) is 19.2. The molecule has 6 nitrogen and oxygen atoms in total. The molecule has 1 aliphatic carbocycles. The number of hydrogen-bond acceptors (Lipinski definition) is 5. The maximum Gasteiger partial charge on any atom is 0.295 e. The Hall–Kier alpha value is -2.68. The monoisotopic (exact) mass is 393 g/mol. The maximum absolute atomic E-state index is 13.0. The number of aryl methyl sites for hydroxylation is 1. The van der Waals surface area contributed by atoms with Gasteiger partial charge in [-0.1, -0.05) is 29.8 Å². The number of benzene rings is 1. The Morgan fingerprint density at radius 3 is 2.61 bits per heavy atom. The van der Waals surface area contributed by atoms with Gasteiger partial charge in [-0.2, -0.15) is 13.9 Å². The number of H-pyrrole nitrogens is 1. The summed E-state index contributed by atoms with van der Waals surface area (Å²) in [6.45, 7) is 0.678. The summed E-state index contributed by atoms with van der Waals surface area (Å²) in [5.41, 5.74) is 1.48. The van der Waals surface area contributed by atoms with Gasteiger partial charge in [-0.3, -0.25) is 5.10 Å². The van der Waals surface area contributed by atoms with Crippen molar-refractivity contribution in [3.63, 3.8) is 0 Å². The van der Waals surface area contributed by atoms with Gasteiger partial charge in [0.15, 0.2) is 5.65 Å². The van der Waals surface area contributed by atoms with E-state index < -0.39 is 18.7 Å². The van der Waals surface area contributed by atoms with Crippen molar-refractivity contribution < 1.29 is 18.3 Å². The number of anilines is 1. The first-order valence-electron chi connectivity index (χ1n) is 8.99. The largest absolute Gasteiger partial charge is 0.390 e. The van der Waals surface area contributed by atoms with Crippen LogP contribution in [0.2, 0.25) is 0 Å². The lowest BCUT2D eigenvalue weighted by molar-refractivity contribution is -0.0556. The average Bonchev–Trinajstić information content (AvgIpc) is 3.32. The van der Waals surface area contributed by atoms with Gasteiger partial charge < -0.3 is 10.4 Å². The van der Waals surface area contributed by atoms with E-state index in [9.17, 15) is 13.2 Å². The molecule has 2 heterocycles. The van der Waals surface area contributed by atoms with E-state index >= 15 is 0 Å². The van der Waals surface area contributed by atoms with E-state index in [4.69, 9.17) is 5.11 Å². The van der Waals surface area contributed by atoms with Crippen LogP contribution in [-0.4, -0.2) is 44.1 Å². The van der Waals surface area contributed by atoms with Gasteiger partial charge in [-0.05, 0) is 26.2 Å². The summed E-state index contributed by atoms with van der Waals surface area (Å²) in [7, 11) is 0. The SMILES string of the molecule is Cc1ccc(C(F)(F)CO)cc1.FC1CCC(Nc2ncnc3[nH]ncc23)C1. The number of halogens is 3. The van der Waals surface area contributed by atoms with Gasteiger partial charge in [0.25, 0.3) is 5.92 Å². The molecule has 0 bridgehead atoms. The van der Waals surface area contributed by atoms with Gasteiger partial charge in [0.1, 0.15) is 24.9 Å². The van der Waals surface area contributed by atoms with E-state index in [2.05, 4.69) is 25.5 Å². The van der Waals surface area contributed by atoms with Gasteiger partial charge >= 0.3 is 0 Å². The van der Waals surface area contributed by atoms with Crippen LogP contribution in [0, 0.1) is 6.92 Å². The van der Waals surface area contributed by atoms with Crippen LogP contribution in [0.25, 0.3) is 11.0 Å². The third-order valence-corrected chi connectivity index (χ3v) is 4.63. The van der Waals surface area contributed by atoms with Crippen LogP contribution in [0.1, 0.15) is 30.4 Å². The lowest BCUT2D eigenvalue weighted by Gasteiger charge is -2.12. The van der Waals surface area contributed by atoms with E-state index in [1.807, 2.05) is 6.92 Å². The molecule has 1 aromatic carbocycles. The first-order valence-corrected chi connectivity index (χ1v) is 8.99. The fraction of sp³-hybridized carbons (Fsp3) is 0.421. The molecule has 0 radical (unpaired) electrons. The fourth-order valence-electron chi connectivity index (χ4n) is 3.02. The second kappa shape index (κ2) is 8.55. The summed E-state index contributed by atoms with van der Waals surface area (Å²) in [5.74, 6) is -2.38. The summed E-state index contributed by atoms with van der Waals surface area (Å²) in [4.78, 5) is 8.21. The van der Waals surface area contributed by atoms with E-state index in [-0.39, 0.29) is 11.6 Å². The molecule has 1 saturated carbocycles. The van der Waals surface area contributed by atoms with E-state index in [0.29, 0.717) is 18.5 Å². The molecule has 2 aromatic heterocycles. The Bertz CT molecular complexity index is 900. The van der Waals surface area contributed by atoms with Crippen molar-refractivity contribution in [2.45, 2.75) is 44.3 Å². The quantitative estimate of drug-likeness (QED) is 0.629. The van der Waals surface area contributed by atoms with Crippen molar-refractivity contribution in [2.75, 3.05) is 11.9 Å². The smallest absolute Gasteiger partial charge is 0.295 e. The standard InChI is InChI=1S/C10H12FN5.C9H10F2O/c11-6-1-2-7(3-6)15-9-8-4-14-16-10(8)13-5-12-9;1-7-2-4-8(5-3-7)9(10,11)6-12/h4-7H,1-3H2,(H2,12,13,14,15,16);2-5,12H,6H2,1H3. The van der Waals surface area contributed by atoms with Crippen LogP contribution in [0.4, 0.5) is 19.0 Å². The summed E-state index contributed by atoms with van der Waals surface area (Å²) >= 11 is 0. The lowest BCUT2D eigenvalue weighted by Crippen LogP contribution is -2.18. The van der Waals surface area contributed by atoms with Crippen LogP contribution < -0.4 is 5.32 Å². The molecule has 0 saturated heterocycles. The number of fused-ring (bicyclic) bond motifs is 1. The molecule has 3 N–H and O–H groups in total. The van der Waals surface area contributed by atoms with Crippen molar-refractivity contribution >= 4 is 16.9 Å². The highest BCUT2D eigenvalue weighted by atomic mass is 19.3. The van der Waals surface area contributed by atoms with E-state index in [1.165, 1.54) is 18.5 Å². The molecular formula is C19H22F3N5O. The van der Waals surface area contributed by atoms with Crippen molar-refractivity contribution in [1.82, 2.24) is 20.2 Å². The summed E-state index contributed by atoms with van der Waals surface area (Å²) in [6, 6.07) is 6.01. The van der Waals surface area contributed by atoms with Crippen LogP contribution in [0.5, 0.6) is 0 Å². The number of alkyl halides is 3. The highest BCUT2D eigenvalue weighted by Gasteiger charge is 2.29. The lowest BCUT2D eigenvalue weighted by atomic mass is 10.1. The normalized spacial score (nSPS) is 19.3. The summed E-state index contributed by atoms with van der Waals surface area (Å²) < 4.78 is 38.6. The first kappa shape index (κ1) is 20.1. The molecule has 2 atom stereocenters. The highest BCUT2D eigenvalue weighted by Crippen LogP contribution is 2.27. The molecule has 4 rings (SSSR count). The first-order chi connectivity index (χ1) is 13.4. The summed E-state index contributed by atoms with van der Waals surface area (Å²) in [6.07, 6.45) is 4.52. The average molecular weight is 393 g/mol. The predicted molar refractivity (Wildman–Crippen MR) is 100 cm³/mol. The Morgan fingerprint density at radius 1 is 1.21 bits per heavy atom. The fourth-order valence-corrected chi connectivity index (χ4v) is 3.02. The minimum atomic E-state index is -3.12. The number of rotatable bonds is 4. The van der Waals surface area contributed by atoms with Gasteiger partial charge in [0, 0.05) is 11.6 Å². The van der Waals surface area contributed by atoms with Crippen LogP contribution in [0.15, 0.2) is 36.8 Å². The molecule has 0 amide bonds. The van der Waals surface area contributed by atoms with Crippen molar-refractivity contribution in [3.05, 3.63) is 47.9 Å². The zero-order valence-corrected chi connectivity index (χ0v) is 15.4. The Kier molecular flexibility index (Phi) is 6.13. The molecule has 9 heteroatoms. The predicted octanol–water partition coefficient (Wildman–Crippen LogP) is 3.73. The molecule has 2 unspecified atom stereocenters. The molecule has 1 fully saturated rings. The number of nitrogens with zero attached hydrogens (tertiary/aromatic N) is 3. The van der Waals surface area contributed by atoms with Gasteiger partial charge in [0.2, 0.25) is 0 Å². The Labute approximate surface area is 160 Å². The van der Waals surface area contributed by atoms with Crippen molar-refractivity contribution in [3.8, 4) is 0 Å². The third-order valence-electron chi connectivity index (χ3n) is 4.63. The van der Waals surface area contributed by atoms with Crippen LogP contribution >= 0.6 is 0 Å². The van der Waals surface area contributed by atoms with Crippen LogP contribution in [-0.2, 0) is 5.92 Å². The number of nitrogens with one attached hydrogen (secondary N) is 2. The van der Waals surface area contributed by atoms with Gasteiger partial charge in [-0.15, -0.1) is 0 Å². The molecule has 0 spiro atoms. The van der Waals surface area contributed by atoms with Gasteiger partial charge in [-0.25, -0.2) is 14.4 Å². The zero-order valence-electron chi connectivity index (χ0n) is 15.4. The molecule has 150 valence electrons. The number of aliphatic hydroxyl groups is 1. The van der Waals surface area contributed by atoms with Crippen molar-refractivity contribution in [2.24, 2.45) is 0 Å². The molecule has 1 aliphatic rings. The molecule has 3 aromatic rings. The van der Waals surface area contributed by atoms with E-state index in [0.717, 1.165) is 23.2 Å². The molecule has 28 heavy (non-hydrogen) atoms. The zero-order chi connectivity index (χ0) is 20.1. The topological polar surface area (TPSA) is 86.7 Å². The second-order valence-corrected chi connectivity index (χ2v) is 6.83. The minimum Gasteiger partial charge on any atom is -0.390 e. The van der Waals surface area contributed by atoms with Crippen molar-refractivity contribution in [1.29, 1.82) is 0 Å². The number of aromatic amines is 1. The second-order valence-electron chi connectivity index (χ2n) is 6.83. The number of hydrogen-bond donors (Lipinski definition) is 3. The highest BCUT2D eigenvalue weighted by molar-refractivity contribution is 5.85. The van der Waals surface area contributed by atoms with E-state index in [1.54, 1.807) is 18.3 Å². The number of aliphatic hydroxyl groups excluding tert-OH is 1. The molecular weight excluding hydrogens is 371 g/mol. The van der Waals surface area contributed by atoms with Gasteiger partial charge in [0.05, 0.1) is 11.6 Å². The Morgan fingerprint density at radius 2 is 1.96 bits per heavy atom. The molecule has 0 aliphatic heterocycles. The Balaban J connectivity index is 0.000000169. The minimum absolute atomic E-state index is 0.143. The van der Waals surface area contributed by atoms with Crippen LogP contribution in [0.3, 0.4) is 0 Å².